The van der Waals surface area contributed by atoms with E-state index in [0.29, 0.717) is 0 Å². The summed E-state index contributed by atoms with van der Waals surface area (Å²) in [5, 5.41) is 11.6. The summed E-state index contributed by atoms with van der Waals surface area (Å²) in [4.78, 5) is 35.2. The number of carbonyl (C=O) groups is 3. The molecule has 2 N–H and O–H groups in total. The molecule has 9 nitrogen and oxygen atoms in total. The molecule has 1 aliphatic rings. The molecule has 1 atom stereocenters. The van der Waals surface area contributed by atoms with E-state index in [-0.39, 0.29) is 37.8 Å². The Hall–Kier alpha value is -2.22. The van der Waals surface area contributed by atoms with Crippen molar-refractivity contribution in [3.05, 3.63) is 35.4 Å². The van der Waals surface area contributed by atoms with Crippen molar-refractivity contribution in [3.63, 3.8) is 0 Å². The van der Waals surface area contributed by atoms with Crippen molar-refractivity contribution in [1.29, 1.82) is 0 Å². The molecule has 1 fully saturated rings. The first-order chi connectivity index (χ1) is 13.1. The summed E-state index contributed by atoms with van der Waals surface area (Å²) >= 11 is 0. The van der Waals surface area contributed by atoms with Gasteiger partial charge in [-0.2, -0.15) is 0 Å². The molecule has 1 unspecified atom stereocenters. The van der Waals surface area contributed by atoms with E-state index in [9.17, 15) is 18.9 Å². The highest BCUT2D eigenvalue weighted by molar-refractivity contribution is 7.55. The lowest BCUT2D eigenvalue weighted by Crippen LogP contribution is -2.47. The second-order valence-electron chi connectivity index (χ2n) is 6.76. The molecule has 0 radical (unpaired) electrons. The maximum absolute atomic E-state index is 12.7. The number of carboxylic acids is 1. The third-order valence-electron chi connectivity index (χ3n) is 4.43. The van der Waals surface area contributed by atoms with Crippen LogP contribution >= 0.6 is 7.60 Å². The fraction of sp³-hybridized carbons (Fsp3) is 0.500. The number of rotatable bonds is 7. The maximum atomic E-state index is 12.7. The van der Waals surface area contributed by atoms with Gasteiger partial charge in [-0.3, -0.25) is 14.2 Å². The largest absolute Gasteiger partial charge is 0.478 e. The van der Waals surface area contributed by atoms with Gasteiger partial charge in [0.05, 0.1) is 30.8 Å². The van der Waals surface area contributed by atoms with Crippen molar-refractivity contribution in [3.8, 4) is 0 Å². The second-order valence-corrected chi connectivity index (χ2v) is 9.13. The second kappa shape index (κ2) is 8.86. The van der Waals surface area contributed by atoms with Crippen LogP contribution in [0.15, 0.2) is 24.3 Å². The summed E-state index contributed by atoms with van der Waals surface area (Å²) in [7, 11) is -3.71. The average molecular weight is 413 g/mol. The van der Waals surface area contributed by atoms with Gasteiger partial charge in [0.15, 0.2) is 5.66 Å². The Morgan fingerprint density at radius 2 is 1.82 bits per heavy atom. The molecule has 0 aromatic heterocycles. The number of hydrogen-bond acceptors (Lipinski definition) is 7. The van der Waals surface area contributed by atoms with Gasteiger partial charge in [0.1, 0.15) is 0 Å². The quantitative estimate of drug-likeness (QED) is 0.514. The third kappa shape index (κ3) is 4.98. The zero-order valence-electron chi connectivity index (χ0n) is 16.0. The predicted molar refractivity (Wildman–Crippen MR) is 99.0 cm³/mol. The van der Waals surface area contributed by atoms with Gasteiger partial charge in [-0.15, -0.1) is 0 Å². The van der Waals surface area contributed by atoms with E-state index in [1.54, 1.807) is 26.0 Å². The lowest BCUT2D eigenvalue weighted by atomic mass is 9.92. The lowest BCUT2D eigenvalue weighted by Gasteiger charge is -2.37. The van der Waals surface area contributed by atoms with E-state index < -0.39 is 30.6 Å². The monoisotopic (exact) mass is 413 g/mol. The number of amides is 1. The molecule has 1 aliphatic heterocycles. The first-order valence-corrected chi connectivity index (χ1v) is 10.4. The lowest BCUT2D eigenvalue weighted by molar-refractivity contribution is -0.143. The Balaban J connectivity index is 1.93. The van der Waals surface area contributed by atoms with Gasteiger partial charge in [0, 0.05) is 6.54 Å². The molecule has 0 bridgehead atoms. The van der Waals surface area contributed by atoms with Gasteiger partial charge in [0.2, 0.25) is 5.91 Å². The topological polar surface area (TPSA) is 128 Å². The summed E-state index contributed by atoms with van der Waals surface area (Å²) in [5.41, 5.74) is -1.28. The Bertz CT molecular complexity index is 779. The molecule has 0 saturated carbocycles. The highest BCUT2D eigenvalue weighted by atomic mass is 31.2. The Morgan fingerprint density at radius 3 is 2.32 bits per heavy atom. The third-order valence-corrected chi connectivity index (χ3v) is 6.57. The van der Waals surface area contributed by atoms with E-state index >= 15 is 0 Å². The van der Waals surface area contributed by atoms with Gasteiger partial charge in [-0.1, -0.05) is 12.1 Å². The van der Waals surface area contributed by atoms with E-state index in [1.807, 2.05) is 0 Å². The highest BCUT2D eigenvalue weighted by Gasteiger charge is 2.48. The number of hydrogen-bond donors (Lipinski definition) is 2. The number of esters is 1. The molecular formula is C18H24NO8P. The summed E-state index contributed by atoms with van der Waals surface area (Å²) < 4.78 is 28.2. The fourth-order valence-corrected chi connectivity index (χ4v) is 4.24. The van der Waals surface area contributed by atoms with Crippen molar-refractivity contribution in [2.45, 2.75) is 33.0 Å². The minimum Gasteiger partial charge on any atom is -0.478 e. The van der Waals surface area contributed by atoms with Crippen LogP contribution in [0, 0.1) is 5.41 Å². The molecule has 10 heteroatoms. The first-order valence-electron chi connectivity index (χ1n) is 8.77. The number of ether oxygens (including phenoxy) is 1. The standard InChI is InChI=1S/C18H24NO8P/c1-4-25-16(22)12(2)28(24)26-10-18(3,11-27-28)17(23)19-9-13-5-7-14(8-6-13)15(20)21/h5-8,12H,4,9-11H2,1-3H3,(H,19,23)(H,20,21). The van der Waals surface area contributed by atoms with Crippen LogP contribution in [-0.4, -0.2) is 48.4 Å². The number of carboxylic acid groups (broad SMARTS) is 1. The Morgan fingerprint density at radius 1 is 1.25 bits per heavy atom. The van der Waals surface area contributed by atoms with Crippen LogP contribution in [0.1, 0.15) is 36.7 Å². The highest BCUT2D eigenvalue weighted by Crippen LogP contribution is 2.57. The summed E-state index contributed by atoms with van der Waals surface area (Å²) in [6.07, 6.45) is 0. The molecule has 1 heterocycles. The minimum atomic E-state index is -3.71. The Kier molecular flexibility index (Phi) is 6.98. The summed E-state index contributed by atoms with van der Waals surface area (Å²) in [5.74, 6) is -2.07. The van der Waals surface area contributed by atoms with Crippen LogP contribution in [-0.2, 0) is 34.5 Å². The first kappa shape index (κ1) is 22.1. The van der Waals surface area contributed by atoms with Crippen LogP contribution in [0.2, 0.25) is 0 Å². The van der Waals surface area contributed by atoms with Gasteiger partial charge >= 0.3 is 19.5 Å². The molecule has 2 rings (SSSR count). The van der Waals surface area contributed by atoms with Crippen LogP contribution < -0.4 is 5.32 Å². The van der Waals surface area contributed by atoms with Crippen LogP contribution in [0.3, 0.4) is 0 Å². The maximum Gasteiger partial charge on any atom is 0.344 e. The van der Waals surface area contributed by atoms with E-state index in [0.717, 1.165) is 5.56 Å². The normalized spacial score (nSPS) is 25.5. The van der Waals surface area contributed by atoms with Gasteiger partial charge in [0.25, 0.3) is 0 Å². The molecule has 28 heavy (non-hydrogen) atoms. The smallest absolute Gasteiger partial charge is 0.344 e. The Labute approximate surface area is 162 Å². The molecule has 0 aliphatic carbocycles. The van der Waals surface area contributed by atoms with Gasteiger partial charge in [-0.25, -0.2) is 4.79 Å². The molecule has 1 saturated heterocycles. The minimum absolute atomic E-state index is 0.150. The average Bonchev–Trinajstić information content (AvgIpc) is 2.68. The zero-order valence-corrected chi connectivity index (χ0v) is 16.9. The zero-order chi connectivity index (χ0) is 20.9. The van der Waals surface area contributed by atoms with Crippen molar-refractivity contribution in [1.82, 2.24) is 5.32 Å². The number of aromatic carboxylic acids is 1. The van der Waals surface area contributed by atoms with E-state index in [1.165, 1.54) is 19.1 Å². The molecule has 1 aromatic carbocycles. The number of benzene rings is 1. The van der Waals surface area contributed by atoms with Crippen molar-refractivity contribution >= 4 is 25.4 Å². The molecule has 1 aromatic rings. The summed E-state index contributed by atoms with van der Waals surface area (Å²) in [6.45, 7) is 4.65. The molecular weight excluding hydrogens is 389 g/mol. The van der Waals surface area contributed by atoms with E-state index in [2.05, 4.69) is 5.32 Å². The predicted octanol–water partition coefficient (Wildman–Crippen LogP) is 2.20. The van der Waals surface area contributed by atoms with Crippen molar-refractivity contribution in [2.24, 2.45) is 5.41 Å². The van der Waals surface area contributed by atoms with Crippen molar-refractivity contribution < 1.29 is 37.8 Å². The van der Waals surface area contributed by atoms with Crippen molar-refractivity contribution in [2.75, 3.05) is 19.8 Å². The van der Waals surface area contributed by atoms with E-state index in [4.69, 9.17) is 18.9 Å². The molecule has 0 spiro atoms. The van der Waals surface area contributed by atoms with Gasteiger partial charge in [-0.05, 0) is 38.5 Å². The van der Waals surface area contributed by atoms with Crippen LogP contribution in [0.25, 0.3) is 0 Å². The summed E-state index contributed by atoms with van der Waals surface area (Å²) in [6, 6.07) is 6.11. The number of nitrogens with one attached hydrogen (secondary N) is 1. The van der Waals surface area contributed by atoms with Crippen LogP contribution in [0.5, 0.6) is 0 Å². The molecule has 1 amide bonds. The number of carbonyl (C=O) groups excluding carboxylic acids is 2. The van der Waals surface area contributed by atoms with Crippen LogP contribution in [0.4, 0.5) is 0 Å². The molecule has 154 valence electrons. The fourth-order valence-electron chi connectivity index (χ4n) is 2.45. The SMILES string of the molecule is CCOC(=O)C(C)P1(=O)OCC(C)(C(=O)NCc2ccc(C(=O)O)cc2)CO1. The van der Waals surface area contributed by atoms with Gasteiger partial charge < -0.3 is 24.2 Å².